The lowest BCUT2D eigenvalue weighted by Gasteiger charge is -2.22. The van der Waals surface area contributed by atoms with E-state index >= 15 is 0 Å². The van der Waals surface area contributed by atoms with E-state index in [9.17, 15) is 4.79 Å². The summed E-state index contributed by atoms with van der Waals surface area (Å²) in [7, 11) is 0. The molecule has 154 valence electrons. The predicted molar refractivity (Wildman–Crippen MR) is 113 cm³/mol. The first-order valence-electron chi connectivity index (χ1n) is 10.2. The molecule has 0 unspecified atom stereocenters. The van der Waals surface area contributed by atoms with Gasteiger partial charge in [0.1, 0.15) is 11.2 Å². The summed E-state index contributed by atoms with van der Waals surface area (Å²) in [6, 6.07) is 8.42. The highest BCUT2D eigenvalue weighted by Crippen LogP contribution is 2.24. The molecule has 0 bridgehead atoms. The Balaban J connectivity index is 1.56. The molecule has 1 saturated heterocycles. The topological polar surface area (TPSA) is 90.6 Å². The maximum Gasteiger partial charge on any atom is 0.262 e. The fourth-order valence-corrected chi connectivity index (χ4v) is 4.07. The average molecular weight is 404 g/mol. The highest BCUT2D eigenvalue weighted by molar-refractivity contribution is 5.73. The van der Waals surface area contributed by atoms with E-state index in [0.717, 1.165) is 35.3 Å². The van der Waals surface area contributed by atoms with Crippen LogP contribution in [0, 0.1) is 13.8 Å². The largest absolute Gasteiger partial charge is 0.381 e. The molecule has 1 aliphatic heterocycles. The number of aromatic amines is 1. The van der Waals surface area contributed by atoms with Crippen molar-refractivity contribution in [1.29, 1.82) is 0 Å². The molecule has 0 radical (unpaired) electrons. The second-order valence-corrected chi connectivity index (χ2v) is 7.89. The molecular formula is C22H24N6O2. The third-order valence-corrected chi connectivity index (χ3v) is 5.61. The molecule has 8 heteroatoms. The van der Waals surface area contributed by atoms with Crippen LogP contribution in [0.15, 0.2) is 41.5 Å². The van der Waals surface area contributed by atoms with Gasteiger partial charge in [0.2, 0.25) is 0 Å². The van der Waals surface area contributed by atoms with Gasteiger partial charge in [0, 0.05) is 25.8 Å². The Bertz CT molecular complexity index is 1260. The van der Waals surface area contributed by atoms with Gasteiger partial charge in [0.25, 0.3) is 5.56 Å². The van der Waals surface area contributed by atoms with Crippen LogP contribution in [0.1, 0.15) is 41.5 Å². The van der Waals surface area contributed by atoms with Crippen molar-refractivity contribution in [3.63, 3.8) is 0 Å². The van der Waals surface area contributed by atoms with Gasteiger partial charge in [-0.05, 0) is 44.4 Å². The van der Waals surface area contributed by atoms with E-state index in [4.69, 9.17) is 9.72 Å². The highest BCUT2D eigenvalue weighted by Gasteiger charge is 2.21. The van der Waals surface area contributed by atoms with E-state index in [2.05, 4.69) is 40.3 Å². The molecule has 1 aliphatic rings. The second-order valence-electron chi connectivity index (χ2n) is 7.89. The smallest absolute Gasteiger partial charge is 0.262 e. The Labute approximate surface area is 173 Å². The molecule has 5 rings (SSSR count). The van der Waals surface area contributed by atoms with Gasteiger partial charge in [0.15, 0.2) is 5.65 Å². The molecular weight excluding hydrogens is 380 g/mol. The van der Waals surface area contributed by atoms with Crippen molar-refractivity contribution in [2.75, 3.05) is 13.2 Å². The maximum absolute atomic E-state index is 12.7. The van der Waals surface area contributed by atoms with Gasteiger partial charge < -0.3 is 9.72 Å². The Kier molecular flexibility index (Phi) is 4.71. The molecule has 1 N–H and O–H groups in total. The first-order valence-corrected chi connectivity index (χ1v) is 10.2. The molecule has 4 heterocycles. The minimum atomic E-state index is -0.155. The molecule has 0 aliphatic carbocycles. The molecule has 1 fully saturated rings. The molecule has 8 nitrogen and oxygen atoms in total. The van der Waals surface area contributed by atoms with Crippen LogP contribution in [-0.2, 0) is 11.2 Å². The molecule has 0 spiro atoms. The van der Waals surface area contributed by atoms with E-state index < -0.39 is 0 Å². The van der Waals surface area contributed by atoms with Gasteiger partial charge >= 0.3 is 0 Å². The monoisotopic (exact) mass is 404 g/mol. The maximum atomic E-state index is 12.7. The van der Waals surface area contributed by atoms with Crippen LogP contribution in [0.25, 0.3) is 16.7 Å². The number of aryl methyl sites for hydroxylation is 2. The third kappa shape index (κ3) is 3.43. The second kappa shape index (κ2) is 7.53. The van der Waals surface area contributed by atoms with E-state index in [-0.39, 0.29) is 11.6 Å². The third-order valence-electron chi connectivity index (χ3n) is 5.61. The standard InChI is InChI=1S/C22H24N6O2/c1-14-3-4-19(27-8-5-15(2)26-27)16(11-14)12-20-24-21-18(22(29)25-20)13-23-28(21)17-6-9-30-10-7-17/h3-5,8,11,13,17H,6-7,9-10,12H2,1-2H3,(H,24,25,29). The lowest BCUT2D eigenvalue weighted by molar-refractivity contribution is 0.0673. The summed E-state index contributed by atoms with van der Waals surface area (Å²) in [6.45, 7) is 5.44. The van der Waals surface area contributed by atoms with E-state index in [0.29, 0.717) is 36.5 Å². The zero-order valence-corrected chi connectivity index (χ0v) is 17.1. The van der Waals surface area contributed by atoms with Crippen molar-refractivity contribution in [3.8, 4) is 5.69 Å². The number of H-pyrrole nitrogens is 1. The number of rotatable bonds is 4. The predicted octanol–water partition coefficient (Wildman–Crippen LogP) is 2.86. The van der Waals surface area contributed by atoms with Gasteiger partial charge in [-0.1, -0.05) is 17.7 Å². The van der Waals surface area contributed by atoms with Gasteiger partial charge in [-0.15, -0.1) is 0 Å². The molecule has 0 saturated carbocycles. The Morgan fingerprint density at radius 1 is 1.20 bits per heavy atom. The summed E-state index contributed by atoms with van der Waals surface area (Å²) in [6.07, 6.45) is 5.82. The lowest BCUT2D eigenvalue weighted by Crippen LogP contribution is -2.21. The highest BCUT2D eigenvalue weighted by atomic mass is 16.5. The van der Waals surface area contributed by atoms with Gasteiger partial charge in [-0.3, -0.25) is 4.79 Å². The Hall–Kier alpha value is -3.26. The minimum Gasteiger partial charge on any atom is -0.381 e. The summed E-state index contributed by atoms with van der Waals surface area (Å²) < 4.78 is 9.23. The van der Waals surface area contributed by atoms with Crippen molar-refractivity contribution in [2.24, 2.45) is 0 Å². The van der Waals surface area contributed by atoms with Crippen LogP contribution in [0.4, 0.5) is 0 Å². The number of hydrogen-bond donors (Lipinski definition) is 1. The molecule has 0 amide bonds. The van der Waals surface area contributed by atoms with E-state index in [1.165, 1.54) is 0 Å². The van der Waals surface area contributed by atoms with Crippen molar-refractivity contribution >= 4 is 11.0 Å². The number of benzene rings is 1. The quantitative estimate of drug-likeness (QED) is 0.565. The molecule has 1 aromatic carbocycles. The van der Waals surface area contributed by atoms with Crippen molar-refractivity contribution < 1.29 is 4.74 Å². The van der Waals surface area contributed by atoms with Crippen molar-refractivity contribution in [1.82, 2.24) is 29.5 Å². The average Bonchev–Trinajstić information content (AvgIpc) is 3.35. The Morgan fingerprint density at radius 2 is 2.03 bits per heavy atom. The SMILES string of the molecule is Cc1ccc(-n2ccc(C)n2)c(Cc2nc3c(cnn3C3CCOCC3)c(=O)[nH]2)c1. The number of fused-ring (bicyclic) bond motifs is 1. The van der Waals surface area contributed by atoms with Crippen LogP contribution >= 0.6 is 0 Å². The summed E-state index contributed by atoms with van der Waals surface area (Å²) in [5, 5.41) is 9.55. The van der Waals surface area contributed by atoms with Gasteiger partial charge in [-0.25, -0.2) is 14.3 Å². The van der Waals surface area contributed by atoms with E-state index in [1.54, 1.807) is 6.20 Å². The Morgan fingerprint density at radius 3 is 2.80 bits per heavy atom. The zero-order chi connectivity index (χ0) is 20.7. The van der Waals surface area contributed by atoms with Crippen LogP contribution in [0.5, 0.6) is 0 Å². The normalized spacial score (nSPS) is 15.1. The van der Waals surface area contributed by atoms with Crippen molar-refractivity contribution in [3.05, 3.63) is 69.7 Å². The first kappa shape index (κ1) is 18.7. The van der Waals surface area contributed by atoms with Crippen molar-refractivity contribution in [2.45, 2.75) is 39.2 Å². The number of aromatic nitrogens is 6. The first-order chi connectivity index (χ1) is 14.6. The van der Waals surface area contributed by atoms with Crippen LogP contribution in [-0.4, -0.2) is 42.7 Å². The lowest BCUT2D eigenvalue weighted by atomic mass is 10.1. The van der Waals surface area contributed by atoms with Crippen LogP contribution in [0.3, 0.4) is 0 Å². The van der Waals surface area contributed by atoms with Crippen LogP contribution in [0.2, 0.25) is 0 Å². The van der Waals surface area contributed by atoms with Crippen LogP contribution < -0.4 is 5.56 Å². The number of nitrogens with zero attached hydrogens (tertiary/aromatic N) is 5. The fraction of sp³-hybridized carbons (Fsp3) is 0.364. The van der Waals surface area contributed by atoms with E-state index in [1.807, 2.05) is 28.6 Å². The van der Waals surface area contributed by atoms with Gasteiger partial charge in [0.05, 0.1) is 23.6 Å². The fourth-order valence-electron chi connectivity index (χ4n) is 4.07. The minimum absolute atomic E-state index is 0.155. The summed E-state index contributed by atoms with van der Waals surface area (Å²) >= 11 is 0. The zero-order valence-electron chi connectivity index (χ0n) is 17.1. The summed E-state index contributed by atoms with van der Waals surface area (Å²) in [5.41, 5.74) is 4.62. The number of nitrogens with one attached hydrogen (secondary N) is 1. The molecule has 3 aromatic heterocycles. The number of hydrogen-bond acceptors (Lipinski definition) is 5. The molecule has 30 heavy (non-hydrogen) atoms. The summed E-state index contributed by atoms with van der Waals surface area (Å²) in [5.74, 6) is 0.622. The summed E-state index contributed by atoms with van der Waals surface area (Å²) in [4.78, 5) is 20.5. The molecule has 0 atom stereocenters. The number of ether oxygens (including phenoxy) is 1. The molecule has 4 aromatic rings. The van der Waals surface area contributed by atoms with Gasteiger partial charge in [-0.2, -0.15) is 10.2 Å².